The van der Waals surface area contributed by atoms with Gasteiger partial charge in [-0.1, -0.05) is 6.92 Å². The summed E-state index contributed by atoms with van der Waals surface area (Å²) in [6, 6.07) is 0. The fourth-order valence-corrected chi connectivity index (χ4v) is 1.38. The maximum Gasteiger partial charge on any atom is 0.217 e. The molecular formula is C8H16ClNO. The van der Waals surface area contributed by atoms with E-state index in [9.17, 15) is 4.79 Å². The molecule has 0 aromatic carbocycles. The van der Waals surface area contributed by atoms with Crippen LogP contribution in [-0.2, 0) is 4.79 Å². The van der Waals surface area contributed by atoms with Crippen molar-refractivity contribution in [3.05, 3.63) is 0 Å². The van der Waals surface area contributed by atoms with Gasteiger partial charge >= 0.3 is 0 Å². The minimum Gasteiger partial charge on any atom is -0.351 e. The number of nitrogens with one attached hydrogen (secondary N) is 1. The van der Waals surface area contributed by atoms with Crippen LogP contribution >= 0.6 is 11.6 Å². The molecule has 3 heteroatoms. The third-order valence-electron chi connectivity index (χ3n) is 1.90. The first kappa shape index (κ1) is 10.8. The fraction of sp³-hybridized carbons (Fsp3) is 0.875. The minimum atomic E-state index is -0.117. The number of hydrogen-bond acceptors (Lipinski definition) is 1. The van der Waals surface area contributed by atoms with Gasteiger partial charge in [0.25, 0.3) is 0 Å². The van der Waals surface area contributed by atoms with E-state index in [4.69, 9.17) is 11.6 Å². The quantitative estimate of drug-likeness (QED) is 0.654. The van der Waals surface area contributed by atoms with Crippen LogP contribution < -0.4 is 5.32 Å². The number of rotatable bonds is 4. The Morgan fingerprint density at radius 1 is 1.64 bits per heavy atom. The van der Waals surface area contributed by atoms with Crippen molar-refractivity contribution in [2.75, 3.05) is 5.88 Å². The van der Waals surface area contributed by atoms with E-state index in [0.29, 0.717) is 5.88 Å². The summed E-state index contributed by atoms with van der Waals surface area (Å²) in [6.45, 7) is 5.58. The molecule has 0 fully saturated rings. The van der Waals surface area contributed by atoms with Crippen LogP contribution in [0.5, 0.6) is 0 Å². The van der Waals surface area contributed by atoms with Crippen LogP contribution in [0.3, 0.4) is 0 Å². The highest BCUT2D eigenvalue weighted by atomic mass is 35.5. The lowest BCUT2D eigenvalue weighted by Gasteiger charge is -2.28. The molecule has 0 aliphatic carbocycles. The molecule has 0 bridgehead atoms. The minimum absolute atomic E-state index is 0.0134. The van der Waals surface area contributed by atoms with E-state index in [1.54, 1.807) is 0 Å². The average molecular weight is 178 g/mol. The largest absolute Gasteiger partial charge is 0.351 e. The van der Waals surface area contributed by atoms with Crippen molar-refractivity contribution in [2.45, 2.75) is 39.2 Å². The number of carbonyl (C=O) groups is 1. The number of hydrogen-bond donors (Lipinski definition) is 1. The Hall–Kier alpha value is -0.240. The van der Waals surface area contributed by atoms with Gasteiger partial charge in [-0.2, -0.15) is 0 Å². The first-order chi connectivity index (χ1) is 5.04. The van der Waals surface area contributed by atoms with E-state index in [1.807, 2.05) is 13.8 Å². The van der Waals surface area contributed by atoms with Gasteiger partial charge in [0.1, 0.15) is 0 Å². The zero-order valence-electron chi connectivity index (χ0n) is 7.41. The summed E-state index contributed by atoms with van der Waals surface area (Å²) in [4.78, 5) is 10.7. The van der Waals surface area contributed by atoms with Crippen LogP contribution in [0, 0.1) is 0 Å². The van der Waals surface area contributed by atoms with Crippen LogP contribution in [0.1, 0.15) is 33.6 Å². The third kappa shape index (κ3) is 4.25. The van der Waals surface area contributed by atoms with Gasteiger partial charge in [0, 0.05) is 18.3 Å². The van der Waals surface area contributed by atoms with Crippen molar-refractivity contribution in [1.82, 2.24) is 5.32 Å². The summed E-state index contributed by atoms with van der Waals surface area (Å²) >= 11 is 5.60. The molecule has 0 aliphatic rings. The SMILES string of the molecule is CCC(C)(CCCl)NC(C)=O. The van der Waals surface area contributed by atoms with Crippen molar-refractivity contribution < 1.29 is 4.79 Å². The maximum absolute atomic E-state index is 10.7. The van der Waals surface area contributed by atoms with Crippen molar-refractivity contribution >= 4 is 17.5 Å². The molecule has 2 nitrogen and oxygen atoms in total. The van der Waals surface area contributed by atoms with E-state index in [0.717, 1.165) is 12.8 Å². The molecule has 0 aliphatic heterocycles. The van der Waals surface area contributed by atoms with Gasteiger partial charge in [0.05, 0.1) is 0 Å². The van der Waals surface area contributed by atoms with Gasteiger partial charge in [0.2, 0.25) is 5.91 Å². The molecule has 0 heterocycles. The second-order valence-corrected chi connectivity index (χ2v) is 3.41. The molecule has 66 valence electrons. The highest BCUT2D eigenvalue weighted by Crippen LogP contribution is 2.14. The predicted octanol–water partition coefficient (Wildman–Crippen LogP) is 1.92. The lowest BCUT2D eigenvalue weighted by Crippen LogP contribution is -2.44. The van der Waals surface area contributed by atoms with E-state index >= 15 is 0 Å². The van der Waals surface area contributed by atoms with E-state index < -0.39 is 0 Å². The molecule has 1 atom stereocenters. The first-order valence-corrected chi connectivity index (χ1v) is 4.42. The van der Waals surface area contributed by atoms with Gasteiger partial charge in [-0.25, -0.2) is 0 Å². The molecule has 0 spiro atoms. The number of amides is 1. The normalized spacial score (nSPS) is 15.6. The second-order valence-electron chi connectivity index (χ2n) is 3.03. The van der Waals surface area contributed by atoms with E-state index in [-0.39, 0.29) is 11.4 Å². The Labute approximate surface area is 73.3 Å². The molecule has 0 aromatic rings. The van der Waals surface area contributed by atoms with Crippen molar-refractivity contribution in [1.29, 1.82) is 0 Å². The molecule has 0 saturated heterocycles. The number of halogens is 1. The van der Waals surface area contributed by atoms with Crippen LogP contribution in [-0.4, -0.2) is 17.3 Å². The Morgan fingerprint density at radius 3 is 2.45 bits per heavy atom. The van der Waals surface area contributed by atoms with E-state index in [2.05, 4.69) is 5.32 Å². The van der Waals surface area contributed by atoms with Gasteiger partial charge < -0.3 is 5.32 Å². The topological polar surface area (TPSA) is 29.1 Å². The summed E-state index contributed by atoms with van der Waals surface area (Å²) in [5.74, 6) is 0.601. The zero-order chi connectivity index (χ0) is 8.91. The maximum atomic E-state index is 10.7. The van der Waals surface area contributed by atoms with Gasteiger partial charge in [-0.05, 0) is 19.8 Å². The fourth-order valence-electron chi connectivity index (χ4n) is 0.961. The second kappa shape index (κ2) is 4.60. The van der Waals surface area contributed by atoms with Crippen LogP contribution in [0.25, 0.3) is 0 Å². The molecule has 0 saturated carbocycles. The standard InChI is InChI=1S/C8H16ClNO/c1-4-8(3,5-6-9)10-7(2)11/h4-6H2,1-3H3,(H,10,11). The van der Waals surface area contributed by atoms with Crippen molar-refractivity contribution in [2.24, 2.45) is 0 Å². The monoisotopic (exact) mass is 177 g/mol. The smallest absolute Gasteiger partial charge is 0.217 e. The average Bonchev–Trinajstić information content (AvgIpc) is 1.87. The first-order valence-electron chi connectivity index (χ1n) is 3.89. The molecular weight excluding hydrogens is 162 g/mol. The number of alkyl halides is 1. The molecule has 0 radical (unpaired) electrons. The molecule has 1 unspecified atom stereocenters. The molecule has 11 heavy (non-hydrogen) atoms. The zero-order valence-corrected chi connectivity index (χ0v) is 8.16. The molecule has 0 aromatic heterocycles. The third-order valence-corrected chi connectivity index (χ3v) is 2.09. The summed E-state index contributed by atoms with van der Waals surface area (Å²) in [5, 5.41) is 2.88. The molecule has 1 amide bonds. The number of carbonyl (C=O) groups excluding carboxylic acids is 1. The van der Waals surface area contributed by atoms with E-state index in [1.165, 1.54) is 6.92 Å². The lowest BCUT2D eigenvalue weighted by atomic mass is 9.95. The molecule has 1 N–H and O–H groups in total. The highest BCUT2D eigenvalue weighted by molar-refractivity contribution is 6.17. The van der Waals surface area contributed by atoms with Crippen molar-refractivity contribution in [3.63, 3.8) is 0 Å². The van der Waals surface area contributed by atoms with Gasteiger partial charge in [-0.15, -0.1) is 11.6 Å². The Morgan fingerprint density at radius 2 is 2.18 bits per heavy atom. The summed E-state index contributed by atoms with van der Waals surface area (Å²) in [6.07, 6.45) is 1.74. The predicted molar refractivity (Wildman–Crippen MR) is 47.8 cm³/mol. The summed E-state index contributed by atoms with van der Waals surface area (Å²) < 4.78 is 0. The summed E-state index contributed by atoms with van der Waals surface area (Å²) in [5.41, 5.74) is -0.117. The lowest BCUT2D eigenvalue weighted by molar-refractivity contribution is -0.120. The molecule has 0 rings (SSSR count). The highest BCUT2D eigenvalue weighted by Gasteiger charge is 2.21. The van der Waals surface area contributed by atoms with Crippen molar-refractivity contribution in [3.8, 4) is 0 Å². The Balaban J connectivity index is 3.98. The Kier molecular flexibility index (Phi) is 4.50. The van der Waals surface area contributed by atoms with Gasteiger partial charge in [-0.3, -0.25) is 4.79 Å². The van der Waals surface area contributed by atoms with Crippen LogP contribution in [0.4, 0.5) is 0 Å². The van der Waals surface area contributed by atoms with Crippen LogP contribution in [0.15, 0.2) is 0 Å². The summed E-state index contributed by atoms with van der Waals surface area (Å²) in [7, 11) is 0. The van der Waals surface area contributed by atoms with Gasteiger partial charge in [0.15, 0.2) is 0 Å². The van der Waals surface area contributed by atoms with Crippen LogP contribution in [0.2, 0.25) is 0 Å². The Bertz CT molecular complexity index is 138.